The van der Waals surface area contributed by atoms with Gasteiger partial charge in [0, 0.05) is 39.4 Å². The SMILES string of the molecule is OCCCN(CCCO)CCCN(CCO)CCO. The Labute approximate surface area is 116 Å². The van der Waals surface area contributed by atoms with Gasteiger partial charge in [0.1, 0.15) is 0 Å². The van der Waals surface area contributed by atoms with Crippen molar-refractivity contribution in [2.24, 2.45) is 0 Å². The van der Waals surface area contributed by atoms with Crippen LogP contribution in [-0.2, 0) is 0 Å². The zero-order valence-corrected chi connectivity index (χ0v) is 11.9. The highest BCUT2D eigenvalue weighted by atomic mass is 16.3. The van der Waals surface area contributed by atoms with E-state index in [0.717, 1.165) is 45.4 Å². The standard InChI is InChI=1S/C13H30N2O4/c16-10-2-6-14(7-3-11-17)4-1-5-15(8-12-18)9-13-19/h16-19H,1-13H2. The van der Waals surface area contributed by atoms with Crippen LogP contribution >= 0.6 is 0 Å². The lowest BCUT2D eigenvalue weighted by Gasteiger charge is -2.24. The fourth-order valence-electron chi connectivity index (χ4n) is 2.06. The monoisotopic (exact) mass is 278 g/mol. The maximum absolute atomic E-state index is 8.91. The molecule has 0 fully saturated rings. The second-order valence-electron chi connectivity index (χ2n) is 4.64. The van der Waals surface area contributed by atoms with Gasteiger partial charge in [0.05, 0.1) is 13.2 Å². The Balaban J connectivity index is 3.85. The Morgan fingerprint density at radius 2 is 0.789 bits per heavy atom. The van der Waals surface area contributed by atoms with E-state index < -0.39 is 0 Å². The number of hydrogen-bond donors (Lipinski definition) is 4. The van der Waals surface area contributed by atoms with Crippen LogP contribution in [0.1, 0.15) is 19.3 Å². The van der Waals surface area contributed by atoms with E-state index in [-0.39, 0.29) is 26.4 Å². The zero-order valence-electron chi connectivity index (χ0n) is 11.9. The molecule has 6 heteroatoms. The Kier molecular flexibility index (Phi) is 14.0. The van der Waals surface area contributed by atoms with Crippen LogP contribution in [0, 0.1) is 0 Å². The molecular formula is C13H30N2O4. The van der Waals surface area contributed by atoms with Crippen molar-refractivity contribution in [3.05, 3.63) is 0 Å². The molecule has 0 aromatic heterocycles. The molecule has 0 aliphatic carbocycles. The van der Waals surface area contributed by atoms with E-state index >= 15 is 0 Å². The minimum Gasteiger partial charge on any atom is -0.396 e. The molecule has 0 spiro atoms. The molecule has 0 amide bonds. The van der Waals surface area contributed by atoms with Crippen molar-refractivity contribution in [2.45, 2.75) is 19.3 Å². The summed E-state index contributed by atoms with van der Waals surface area (Å²) in [6, 6.07) is 0. The number of aliphatic hydroxyl groups excluding tert-OH is 4. The van der Waals surface area contributed by atoms with Crippen LogP contribution in [0.3, 0.4) is 0 Å². The summed E-state index contributed by atoms with van der Waals surface area (Å²) in [5.41, 5.74) is 0. The van der Waals surface area contributed by atoms with E-state index in [1.165, 1.54) is 0 Å². The van der Waals surface area contributed by atoms with Crippen molar-refractivity contribution in [2.75, 3.05) is 65.7 Å². The van der Waals surface area contributed by atoms with Crippen molar-refractivity contribution in [3.63, 3.8) is 0 Å². The molecule has 0 aromatic carbocycles. The smallest absolute Gasteiger partial charge is 0.0558 e. The Bertz CT molecular complexity index is 170. The average molecular weight is 278 g/mol. The number of rotatable bonds is 14. The first kappa shape index (κ1) is 18.8. The number of hydrogen-bond acceptors (Lipinski definition) is 6. The molecular weight excluding hydrogens is 248 g/mol. The van der Waals surface area contributed by atoms with E-state index in [1.54, 1.807) is 0 Å². The second kappa shape index (κ2) is 14.2. The summed E-state index contributed by atoms with van der Waals surface area (Å²) in [6.07, 6.45) is 2.46. The predicted molar refractivity (Wildman–Crippen MR) is 75.1 cm³/mol. The van der Waals surface area contributed by atoms with Crippen LogP contribution in [-0.4, -0.2) is 95.9 Å². The van der Waals surface area contributed by atoms with Gasteiger partial charge >= 0.3 is 0 Å². The van der Waals surface area contributed by atoms with Crippen molar-refractivity contribution in [3.8, 4) is 0 Å². The van der Waals surface area contributed by atoms with E-state index in [4.69, 9.17) is 20.4 Å². The van der Waals surface area contributed by atoms with Gasteiger partial charge in [0.15, 0.2) is 0 Å². The normalized spacial score (nSPS) is 11.7. The van der Waals surface area contributed by atoms with Crippen LogP contribution in [0.4, 0.5) is 0 Å². The van der Waals surface area contributed by atoms with Crippen molar-refractivity contribution in [1.82, 2.24) is 9.80 Å². The molecule has 0 aromatic rings. The molecule has 4 N–H and O–H groups in total. The topological polar surface area (TPSA) is 87.4 Å². The van der Waals surface area contributed by atoms with Gasteiger partial charge in [0.25, 0.3) is 0 Å². The molecule has 0 rings (SSSR count). The first-order valence-electron chi connectivity index (χ1n) is 7.16. The minimum absolute atomic E-state index is 0.110. The van der Waals surface area contributed by atoms with E-state index in [1.807, 2.05) is 4.90 Å². The third-order valence-corrected chi connectivity index (χ3v) is 3.05. The molecule has 0 aliphatic heterocycles. The van der Waals surface area contributed by atoms with Crippen LogP contribution in [0.5, 0.6) is 0 Å². The summed E-state index contributed by atoms with van der Waals surface area (Å²) in [6.45, 7) is 5.23. The van der Waals surface area contributed by atoms with Crippen molar-refractivity contribution >= 4 is 0 Å². The quantitative estimate of drug-likeness (QED) is 0.317. The fourth-order valence-corrected chi connectivity index (χ4v) is 2.06. The van der Waals surface area contributed by atoms with Crippen LogP contribution in [0.15, 0.2) is 0 Å². The Hall–Kier alpha value is -0.240. The highest BCUT2D eigenvalue weighted by Gasteiger charge is 2.07. The third kappa shape index (κ3) is 11.3. The summed E-state index contributed by atoms with van der Waals surface area (Å²) in [4.78, 5) is 4.28. The van der Waals surface area contributed by atoms with Gasteiger partial charge in [-0.1, -0.05) is 0 Å². The number of nitrogens with zero attached hydrogens (tertiary/aromatic N) is 2. The van der Waals surface area contributed by atoms with Crippen LogP contribution in [0.25, 0.3) is 0 Å². The van der Waals surface area contributed by atoms with Gasteiger partial charge in [0.2, 0.25) is 0 Å². The molecule has 0 unspecified atom stereocenters. The Morgan fingerprint density at radius 1 is 0.421 bits per heavy atom. The van der Waals surface area contributed by atoms with Gasteiger partial charge in [-0.2, -0.15) is 0 Å². The molecule has 6 nitrogen and oxygen atoms in total. The van der Waals surface area contributed by atoms with Crippen LogP contribution < -0.4 is 0 Å². The minimum atomic E-state index is 0.110. The second-order valence-corrected chi connectivity index (χ2v) is 4.64. The largest absolute Gasteiger partial charge is 0.396 e. The van der Waals surface area contributed by atoms with Crippen molar-refractivity contribution in [1.29, 1.82) is 0 Å². The molecule has 0 atom stereocenters. The molecule has 0 saturated heterocycles. The van der Waals surface area contributed by atoms with Gasteiger partial charge < -0.3 is 25.3 Å². The van der Waals surface area contributed by atoms with E-state index in [0.29, 0.717) is 13.1 Å². The number of aliphatic hydroxyl groups is 4. The van der Waals surface area contributed by atoms with E-state index in [2.05, 4.69) is 4.90 Å². The Morgan fingerprint density at radius 3 is 1.16 bits per heavy atom. The maximum Gasteiger partial charge on any atom is 0.0558 e. The summed E-state index contributed by atoms with van der Waals surface area (Å²) < 4.78 is 0. The van der Waals surface area contributed by atoms with Crippen molar-refractivity contribution < 1.29 is 20.4 Å². The molecule has 19 heavy (non-hydrogen) atoms. The summed E-state index contributed by atoms with van der Waals surface area (Å²) in [5, 5.41) is 35.5. The third-order valence-electron chi connectivity index (χ3n) is 3.05. The summed E-state index contributed by atoms with van der Waals surface area (Å²) >= 11 is 0. The molecule has 0 radical (unpaired) electrons. The highest BCUT2D eigenvalue weighted by molar-refractivity contribution is 4.62. The first-order chi connectivity index (χ1) is 9.28. The lowest BCUT2D eigenvalue weighted by atomic mass is 10.3. The van der Waals surface area contributed by atoms with Gasteiger partial charge in [-0.25, -0.2) is 0 Å². The summed E-state index contributed by atoms with van der Waals surface area (Å²) in [5.74, 6) is 0. The molecule has 0 saturated carbocycles. The summed E-state index contributed by atoms with van der Waals surface area (Å²) in [7, 11) is 0. The fraction of sp³-hybridized carbons (Fsp3) is 1.00. The first-order valence-corrected chi connectivity index (χ1v) is 7.16. The average Bonchev–Trinajstić information content (AvgIpc) is 2.41. The molecule has 116 valence electrons. The highest BCUT2D eigenvalue weighted by Crippen LogP contribution is 1.99. The molecule has 0 aliphatic rings. The van der Waals surface area contributed by atoms with Crippen LogP contribution in [0.2, 0.25) is 0 Å². The zero-order chi connectivity index (χ0) is 14.3. The lowest BCUT2D eigenvalue weighted by molar-refractivity contribution is 0.149. The van der Waals surface area contributed by atoms with Gasteiger partial charge in [-0.3, -0.25) is 4.90 Å². The van der Waals surface area contributed by atoms with Gasteiger partial charge in [-0.15, -0.1) is 0 Å². The van der Waals surface area contributed by atoms with E-state index in [9.17, 15) is 0 Å². The molecule has 0 heterocycles. The lowest BCUT2D eigenvalue weighted by Crippen LogP contribution is -2.34. The maximum atomic E-state index is 8.91. The van der Waals surface area contributed by atoms with Gasteiger partial charge in [-0.05, 0) is 32.4 Å². The molecule has 0 bridgehead atoms. The predicted octanol–water partition coefficient (Wildman–Crippen LogP) is -1.27.